The van der Waals surface area contributed by atoms with Gasteiger partial charge in [0.1, 0.15) is 0 Å². The SMILES string of the molecule is CNC(=O)CC1CNCC[N]1. The highest BCUT2D eigenvalue weighted by Crippen LogP contribution is 1.94. The quantitative estimate of drug-likeness (QED) is 0.522. The lowest BCUT2D eigenvalue weighted by Gasteiger charge is -2.21. The molecule has 0 aromatic carbocycles. The van der Waals surface area contributed by atoms with Crippen molar-refractivity contribution in [2.45, 2.75) is 12.5 Å². The molecule has 11 heavy (non-hydrogen) atoms. The van der Waals surface area contributed by atoms with Crippen LogP contribution in [0.3, 0.4) is 0 Å². The minimum absolute atomic E-state index is 0.0717. The van der Waals surface area contributed by atoms with E-state index in [-0.39, 0.29) is 11.9 Å². The lowest BCUT2D eigenvalue weighted by Crippen LogP contribution is -2.46. The van der Waals surface area contributed by atoms with Gasteiger partial charge in [-0.15, -0.1) is 0 Å². The third-order valence-corrected chi connectivity index (χ3v) is 1.76. The number of carbonyl (C=O) groups excluding carboxylic acids is 1. The van der Waals surface area contributed by atoms with Crippen molar-refractivity contribution in [2.75, 3.05) is 26.7 Å². The first-order valence-corrected chi connectivity index (χ1v) is 3.91. The van der Waals surface area contributed by atoms with Crippen LogP contribution < -0.4 is 16.0 Å². The maximum absolute atomic E-state index is 10.9. The Morgan fingerprint density at radius 2 is 2.64 bits per heavy atom. The summed E-state index contributed by atoms with van der Waals surface area (Å²) in [7, 11) is 1.65. The molecule has 63 valence electrons. The second-order valence-corrected chi connectivity index (χ2v) is 2.64. The molecule has 0 aromatic heterocycles. The molecule has 1 aliphatic heterocycles. The van der Waals surface area contributed by atoms with Gasteiger partial charge in [-0.3, -0.25) is 4.79 Å². The smallest absolute Gasteiger partial charge is 0.221 e. The second kappa shape index (κ2) is 4.31. The van der Waals surface area contributed by atoms with Crippen LogP contribution in [0.1, 0.15) is 6.42 Å². The topological polar surface area (TPSA) is 55.2 Å². The minimum atomic E-state index is 0.0717. The molecule has 0 aromatic rings. The summed E-state index contributed by atoms with van der Waals surface area (Å²) in [6.45, 7) is 2.62. The number of carbonyl (C=O) groups is 1. The molecule has 1 saturated heterocycles. The van der Waals surface area contributed by atoms with E-state index >= 15 is 0 Å². The van der Waals surface area contributed by atoms with Crippen molar-refractivity contribution >= 4 is 5.91 Å². The Hall–Kier alpha value is -0.610. The van der Waals surface area contributed by atoms with Gasteiger partial charge < -0.3 is 10.6 Å². The van der Waals surface area contributed by atoms with E-state index in [2.05, 4.69) is 16.0 Å². The second-order valence-electron chi connectivity index (χ2n) is 2.64. The third-order valence-electron chi connectivity index (χ3n) is 1.76. The van der Waals surface area contributed by atoms with E-state index in [1.807, 2.05) is 0 Å². The van der Waals surface area contributed by atoms with E-state index in [1.54, 1.807) is 7.05 Å². The fraction of sp³-hybridized carbons (Fsp3) is 0.857. The van der Waals surface area contributed by atoms with Gasteiger partial charge in [0.15, 0.2) is 0 Å². The van der Waals surface area contributed by atoms with Crippen LogP contribution in [0.2, 0.25) is 0 Å². The molecule has 4 nitrogen and oxygen atoms in total. The summed E-state index contributed by atoms with van der Waals surface area (Å²) in [4.78, 5) is 10.9. The Bertz CT molecular complexity index is 132. The van der Waals surface area contributed by atoms with E-state index in [0.717, 1.165) is 19.6 Å². The van der Waals surface area contributed by atoms with Crippen LogP contribution in [0.5, 0.6) is 0 Å². The number of nitrogens with one attached hydrogen (secondary N) is 2. The van der Waals surface area contributed by atoms with E-state index in [4.69, 9.17) is 0 Å². The number of hydrogen-bond donors (Lipinski definition) is 2. The molecule has 0 spiro atoms. The Morgan fingerprint density at radius 1 is 1.82 bits per heavy atom. The Labute approximate surface area is 66.7 Å². The standard InChI is InChI=1S/C7H14N3O/c1-8-7(11)4-6-5-9-2-3-10-6/h6,9H,2-5H2,1H3,(H,8,11). The summed E-state index contributed by atoms with van der Waals surface area (Å²) in [6, 6.07) is 0.184. The number of amides is 1. The largest absolute Gasteiger partial charge is 0.359 e. The van der Waals surface area contributed by atoms with Crippen molar-refractivity contribution in [2.24, 2.45) is 0 Å². The van der Waals surface area contributed by atoms with Gasteiger partial charge >= 0.3 is 0 Å². The first-order valence-electron chi connectivity index (χ1n) is 3.91. The molecule has 4 heteroatoms. The van der Waals surface area contributed by atoms with Crippen LogP contribution in [0.4, 0.5) is 0 Å². The van der Waals surface area contributed by atoms with E-state index in [9.17, 15) is 4.79 Å². The monoisotopic (exact) mass is 156 g/mol. The number of hydrogen-bond acceptors (Lipinski definition) is 2. The highest BCUT2D eigenvalue weighted by atomic mass is 16.1. The molecule has 0 aliphatic carbocycles. The van der Waals surface area contributed by atoms with Crippen LogP contribution in [0.15, 0.2) is 0 Å². The van der Waals surface area contributed by atoms with Gasteiger partial charge in [0.2, 0.25) is 5.91 Å². The zero-order chi connectivity index (χ0) is 8.10. The zero-order valence-corrected chi connectivity index (χ0v) is 6.76. The average molecular weight is 156 g/mol. The summed E-state index contributed by atoms with van der Waals surface area (Å²) in [5, 5.41) is 10.1. The molecule has 1 radical (unpaired) electrons. The Morgan fingerprint density at radius 3 is 3.18 bits per heavy atom. The number of rotatable bonds is 2. The van der Waals surface area contributed by atoms with Crippen LogP contribution in [0, 0.1) is 0 Å². The predicted octanol–water partition coefficient (Wildman–Crippen LogP) is -1.30. The van der Waals surface area contributed by atoms with Gasteiger partial charge in [-0.05, 0) is 0 Å². The van der Waals surface area contributed by atoms with Gasteiger partial charge in [-0.1, -0.05) is 0 Å². The fourth-order valence-electron chi connectivity index (χ4n) is 1.11. The van der Waals surface area contributed by atoms with Crippen LogP contribution in [0.25, 0.3) is 0 Å². The van der Waals surface area contributed by atoms with Crippen LogP contribution in [-0.2, 0) is 4.79 Å². The number of piperazine rings is 1. The highest BCUT2D eigenvalue weighted by Gasteiger charge is 2.15. The summed E-state index contributed by atoms with van der Waals surface area (Å²) in [5.41, 5.74) is 0. The van der Waals surface area contributed by atoms with Crippen molar-refractivity contribution < 1.29 is 4.79 Å². The van der Waals surface area contributed by atoms with Crippen LogP contribution >= 0.6 is 0 Å². The molecule has 2 N–H and O–H groups in total. The molecule has 1 aliphatic rings. The first-order chi connectivity index (χ1) is 5.33. The third kappa shape index (κ3) is 2.86. The summed E-state index contributed by atoms with van der Waals surface area (Å²) in [6.07, 6.45) is 0.517. The van der Waals surface area contributed by atoms with E-state index in [1.165, 1.54) is 0 Å². The van der Waals surface area contributed by atoms with E-state index in [0.29, 0.717) is 6.42 Å². The molecule has 1 rings (SSSR count). The molecular formula is C7H14N3O. The predicted molar refractivity (Wildman–Crippen MR) is 42.3 cm³/mol. The molecule has 0 bridgehead atoms. The lowest BCUT2D eigenvalue weighted by molar-refractivity contribution is -0.121. The van der Waals surface area contributed by atoms with Gasteiger partial charge in [-0.25, -0.2) is 5.32 Å². The molecular weight excluding hydrogens is 142 g/mol. The Kier molecular flexibility index (Phi) is 3.32. The molecule has 1 fully saturated rings. The minimum Gasteiger partial charge on any atom is -0.359 e. The molecule has 1 heterocycles. The number of nitrogens with zero attached hydrogens (tertiary/aromatic N) is 1. The highest BCUT2D eigenvalue weighted by molar-refractivity contribution is 5.76. The first kappa shape index (κ1) is 8.49. The lowest BCUT2D eigenvalue weighted by atomic mass is 10.1. The molecule has 1 unspecified atom stereocenters. The van der Waals surface area contributed by atoms with Crippen molar-refractivity contribution in [1.29, 1.82) is 0 Å². The summed E-state index contributed by atoms with van der Waals surface area (Å²) in [5.74, 6) is 0.0717. The molecule has 0 saturated carbocycles. The van der Waals surface area contributed by atoms with Gasteiger partial charge in [0.25, 0.3) is 0 Å². The van der Waals surface area contributed by atoms with Gasteiger partial charge in [-0.2, -0.15) is 0 Å². The van der Waals surface area contributed by atoms with Crippen molar-refractivity contribution in [3.05, 3.63) is 0 Å². The Balaban J connectivity index is 2.19. The van der Waals surface area contributed by atoms with Gasteiger partial charge in [0, 0.05) is 39.1 Å². The maximum Gasteiger partial charge on any atom is 0.221 e. The van der Waals surface area contributed by atoms with E-state index < -0.39 is 0 Å². The normalized spacial score (nSPS) is 24.6. The van der Waals surface area contributed by atoms with Crippen molar-refractivity contribution in [3.8, 4) is 0 Å². The summed E-state index contributed by atoms with van der Waals surface area (Å²) >= 11 is 0. The summed E-state index contributed by atoms with van der Waals surface area (Å²) < 4.78 is 0. The van der Waals surface area contributed by atoms with Gasteiger partial charge in [0.05, 0.1) is 0 Å². The maximum atomic E-state index is 10.9. The fourth-order valence-corrected chi connectivity index (χ4v) is 1.11. The zero-order valence-electron chi connectivity index (χ0n) is 6.76. The molecule has 1 atom stereocenters. The average Bonchev–Trinajstić information content (AvgIpc) is 2.06. The molecule has 1 amide bonds. The van der Waals surface area contributed by atoms with Crippen LogP contribution in [-0.4, -0.2) is 38.6 Å². The van der Waals surface area contributed by atoms with Crippen molar-refractivity contribution in [3.63, 3.8) is 0 Å². The van der Waals surface area contributed by atoms with Crippen molar-refractivity contribution in [1.82, 2.24) is 16.0 Å².